The van der Waals surface area contributed by atoms with Gasteiger partial charge < -0.3 is 26.8 Å². The number of aliphatic hydroxyl groups excluding tert-OH is 1. The Morgan fingerprint density at radius 3 is 2.25 bits per heavy atom. The van der Waals surface area contributed by atoms with E-state index in [1.807, 2.05) is 0 Å². The van der Waals surface area contributed by atoms with Crippen molar-refractivity contribution in [1.29, 1.82) is 0 Å². The van der Waals surface area contributed by atoms with Crippen molar-refractivity contribution in [2.75, 3.05) is 13.2 Å². The first-order chi connectivity index (χ1) is 9.52. The Bertz CT molecular complexity index is 377. The third-order valence-electron chi connectivity index (χ3n) is 2.65. The van der Waals surface area contributed by atoms with E-state index in [1.165, 1.54) is 12.1 Å². The zero-order valence-corrected chi connectivity index (χ0v) is 11.5. The van der Waals surface area contributed by atoms with Crippen molar-refractivity contribution in [2.45, 2.75) is 31.7 Å². The van der Waals surface area contributed by atoms with Crippen LogP contribution in [0.4, 0.5) is 0 Å². The van der Waals surface area contributed by atoms with E-state index < -0.39 is 5.97 Å². The lowest BCUT2D eigenvalue weighted by Gasteiger charge is -2.08. The standard InChI is InChI=1S/C7H18N2O.C7H6O3/c8-5-1-3-7(9)4-2-6-10;8-6-4-2-1-3-5(6)7(9)10/h7,10H,1-6,8-9H2;1-4,8H,(H,9,10). The minimum Gasteiger partial charge on any atom is -0.507 e. The van der Waals surface area contributed by atoms with Gasteiger partial charge in [-0.05, 0) is 44.4 Å². The van der Waals surface area contributed by atoms with Crippen molar-refractivity contribution in [3.8, 4) is 5.75 Å². The smallest absolute Gasteiger partial charge is 0.339 e. The number of carboxylic acids is 1. The number of carboxylic acid groups (broad SMARTS) is 1. The van der Waals surface area contributed by atoms with Gasteiger partial charge in [0.1, 0.15) is 11.3 Å². The number of carbonyl (C=O) groups is 1. The molecule has 0 saturated carbocycles. The molecule has 0 bridgehead atoms. The molecule has 20 heavy (non-hydrogen) atoms. The second-order valence-corrected chi connectivity index (χ2v) is 4.38. The summed E-state index contributed by atoms with van der Waals surface area (Å²) < 4.78 is 0. The van der Waals surface area contributed by atoms with E-state index in [4.69, 9.17) is 26.8 Å². The molecule has 0 aliphatic carbocycles. The first-order valence-electron chi connectivity index (χ1n) is 6.60. The Kier molecular flexibility index (Phi) is 10.3. The highest BCUT2D eigenvalue weighted by atomic mass is 16.4. The van der Waals surface area contributed by atoms with Crippen LogP contribution in [0.2, 0.25) is 0 Å². The van der Waals surface area contributed by atoms with Crippen LogP contribution in [0.15, 0.2) is 24.3 Å². The van der Waals surface area contributed by atoms with Crippen molar-refractivity contribution in [1.82, 2.24) is 0 Å². The SMILES string of the molecule is NCCCC(N)CCCO.O=C(O)c1ccccc1O. The number of hydrogen-bond acceptors (Lipinski definition) is 5. The molecule has 6 nitrogen and oxygen atoms in total. The van der Waals surface area contributed by atoms with Gasteiger partial charge in [-0.15, -0.1) is 0 Å². The highest BCUT2D eigenvalue weighted by molar-refractivity contribution is 5.90. The molecular weight excluding hydrogens is 260 g/mol. The van der Waals surface area contributed by atoms with Gasteiger partial charge in [0.15, 0.2) is 0 Å². The summed E-state index contributed by atoms with van der Waals surface area (Å²) in [5, 5.41) is 25.8. The average molecular weight is 284 g/mol. The fraction of sp³-hybridized carbons (Fsp3) is 0.500. The Hall–Kier alpha value is -1.63. The molecule has 1 rings (SSSR count). The summed E-state index contributed by atoms with van der Waals surface area (Å²) in [5.41, 5.74) is 10.9. The van der Waals surface area contributed by atoms with Gasteiger partial charge in [0, 0.05) is 12.6 Å². The Balaban J connectivity index is 0.000000361. The molecule has 1 unspecified atom stereocenters. The number of phenols is 1. The van der Waals surface area contributed by atoms with Gasteiger partial charge in [-0.25, -0.2) is 4.79 Å². The van der Waals surface area contributed by atoms with E-state index in [2.05, 4.69) is 0 Å². The summed E-state index contributed by atoms with van der Waals surface area (Å²) in [6.07, 6.45) is 3.70. The lowest BCUT2D eigenvalue weighted by Crippen LogP contribution is -2.21. The van der Waals surface area contributed by atoms with Crippen LogP contribution in [0.1, 0.15) is 36.0 Å². The van der Waals surface area contributed by atoms with Crippen LogP contribution in [0.5, 0.6) is 5.75 Å². The average Bonchev–Trinajstić information content (AvgIpc) is 2.43. The number of aromatic hydroxyl groups is 1. The van der Waals surface area contributed by atoms with Crippen LogP contribution in [-0.2, 0) is 0 Å². The van der Waals surface area contributed by atoms with Gasteiger partial charge in [0.25, 0.3) is 0 Å². The summed E-state index contributed by atoms with van der Waals surface area (Å²) in [7, 11) is 0. The topological polar surface area (TPSA) is 130 Å². The van der Waals surface area contributed by atoms with Gasteiger partial charge in [0.05, 0.1) is 0 Å². The molecule has 0 aromatic heterocycles. The maximum Gasteiger partial charge on any atom is 0.339 e. The van der Waals surface area contributed by atoms with Crippen molar-refractivity contribution in [2.24, 2.45) is 11.5 Å². The number of aromatic carboxylic acids is 1. The molecule has 0 radical (unpaired) electrons. The monoisotopic (exact) mass is 284 g/mol. The van der Waals surface area contributed by atoms with Gasteiger partial charge >= 0.3 is 5.97 Å². The molecular formula is C14H24N2O4. The molecule has 0 heterocycles. The summed E-state index contributed by atoms with van der Waals surface area (Å²) in [6.45, 7) is 0.961. The highest BCUT2D eigenvalue weighted by Gasteiger charge is 2.05. The number of aliphatic hydroxyl groups is 1. The molecule has 6 heteroatoms. The normalized spacial score (nSPS) is 11.3. The van der Waals surface area contributed by atoms with Gasteiger partial charge in [0.2, 0.25) is 0 Å². The number of para-hydroxylation sites is 1. The molecule has 0 aliphatic rings. The van der Waals surface area contributed by atoms with Crippen LogP contribution >= 0.6 is 0 Å². The van der Waals surface area contributed by atoms with Crippen LogP contribution in [-0.4, -0.2) is 40.5 Å². The largest absolute Gasteiger partial charge is 0.507 e. The van der Waals surface area contributed by atoms with E-state index in [1.54, 1.807) is 12.1 Å². The maximum atomic E-state index is 10.3. The molecule has 0 amide bonds. The highest BCUT2D eigenvalue weighted by Crippen LogP contribution is 2.14. The van der Waals surface area contributed by atoms with E-state index in [9.17, 15) is 4.79 Å². The number of benzene rings is 1. The number of hydrogen-bond donors (Lipinski definition) is 5. The quantitative estimate of drug-likeness (QED) is 0.506. The molecule has 1 aromatic rings. The van der Waals surface area contributed by atoms with Crippen molar-refractivity contribution in [3.05, 3.63) is 29.8 Å². The first-order valence-corrected chi connectivity index (χ1v) is 6.60. The summed E-state index contributed by atoms with van der Waals surface area (Å²) in [5.74, 6) is -1.31. The van der Waals surface area contributed by atoms with Crippen LogP contribution < -0.4 is 11.5 Å². The zero-order valence-electron chi connectivity index (χ0n) is 11.5. The van der Waals surface area contributed by atoms with Crippen molar-refractivity contribution in [3.63, 3.8) is 0 Å². The molecule has 0 aliphatic heterocycles. The number of nitrogens with two attached hydrogens (primary N) is 2. The van der Waals surface area contributed by atoms with Crippen molar-refractivity contribution >= 4 is 5.97 Å². The fourth-order valence-electron chi connectivity index (χ4n) is 1.53. The Morgan fingerprint density at radius 1 is 1.20 bits per heavy atom. The minimum absolute atomic E-state index is 0.0671. The van der Waals surface area contributed by atoms with Crippen molar-refractivity contribution < 1.29 is 20.1 Å². The third kappa shape index (κ3) is 8.47. The van der Waals surface area contributed by atoms with Crippen LogP contribution in [0, 0.1) is 0 Å². The van der Waals surface area contributed by atoms with Crippen LogP contribution in [0.3, 0.4) is 0 Å². The lowest BCUT2D eigenvalue weighted by atomic mass is 10.1. The molecule has 0 saturated heterocycles. The minimum atomic E-state index is -1.11. The molecule has 114 valence electrons. The number of rotatable bonds is 7. The molecule has 1 atom stereocenters. The molecule has 7 N–H and O–H groups in total. The molecule has 0 fully saturated rings. The zero-order chi connectivity index (χ0) is 15.4. The predicted molar refractivity (Wildman–Crippen MR) is 77.6 cm³/mol. The summed E-state index contributed by atoms with van der Waals surface area (Å²) >= 11 is 0. The van der Waals surface area contributed by atoms with Crippen LogP contribution in [0.25, 0.3) is 0 Å². The maximum absolute atomic E-state index is 10.3. The Morgan fingerprint density at radius 2 is 1.80 bits per heavy atom. The second-order valence-electron chi connectivity index (χ2n) is 4.38. The fourth-order valence-corrected chi connectivity index (χ4v) is 1.53. The molecule has 0 spiro atoms. The van der Waals surface area contributed by atoms with E-state index in [0.29, 0.717) is 6.54 Å². The Labute approximate surface area is 119 Å². The van der Waals surface area contributed by atoms with Gasteiger partial charge in [-0.2, -0.15) is 0 Å². The summed E-state index contributed by atoms with van der Waals surface area (Å²) in [4.78, 5) is 10.3. The third-order valence-corrected chi connectivity index (χ3v) is 2.65. The molecule has 1 aromatic carbocycles. The van der Waals surface area contributed by atoms with E-state index >= 15 is 0 Å². The lowest BCUT2D eigenvalue weighted by molar-refractivity contribution is 0.0693. The predicted octanol–water partition coefficient (Wildman–Crippen LogP) is 0.916. The summed E-state index contributed by atoms with van der Waals surface area (Å²) in [6, 6.07) is 6.04. The van der Waals surface area contributed by atoms with Gasteiger partial charge in [-0.3, -0.25) is 0 Å². The van der Waals surface area contributed by atoms with Gasteiger partial charge in [-0.1, -0.05) is 12.1 Å². The first kappa shape index (κ1) is 18.4. The second kappa shape index (κ2) is 11.2. The van der Waals surface area contributed by atoms with E-state index in [0.717, 1.165) is 25.7 Å². The van der Waals surface area contributed by atoms with E-state index in [-0.39, 0.29) is 24.0 Å².